The second kappa shape index (κ2) is 5.00. The van der Waals surface area contributed by atoms with Crippen LogP contribution in [0, 0.1) is 12.7 Å². The summed E-state index contributed by atoms with van der Waals surface area (Å²) in [6.07, 6.45) is 4.25. The average molecular weight is 338 g/mol. The van der Waals surface area contributed by atoms with Gasteiger partial charge in [-0.2, -0.15) is 10.1 Å². The molecular formula is C19H19FN4O. The zero-order valence-corrected chi connectivity index (χ0v) is 14.3. The summed E-state index contributed by atoms with van der Waals surface area (Å²) in [6, 6.07) is 6.95. The molecule has 0 N–H and O–H groups in total. The molecular weight excluding hydrogens is 319 g/mol. The first-order valence-electron chi connectivity index (χ1n) is 8.72. The molecule has 3 aromatic rings. The summed E-state index contributed by atoms with van der Waals surface area (Å²) >= 11 is 0. The normalized spacial score (nSPS) is 18.5. The molecule has 1 aromatic carbocycles. The fourth-order valence-electron chi connectivity index (χ4n) is 3.72. The maximum absolute atomic E-state index is 13.7. The second-order valence-corrected chi connectivity index (χ2v) is 7.32. The van der Waals surface area contributed by atoms with Gasteiger partial charge in [-0.3, -0.25) is 4.68 Å². The van der Waals surface area contributed by atoms with E-state index in [0.29, 0.717) is 17.6 Å². The molecule has 0 atom stereocenters. The zero-order valence-electron chi connectivity index (χ0n) is 14.3. The molecule has 2 aliphatic rings. The van der Waals surface area contributed by atoms with Gasteiger partial charge in [-0.25, -0.2) is 4.39 Å². The summed E-state index contributed by atoms with van der Waals surface area (Å²) in [5.41, 5.74) is 3.63. The fraction of sp³-hybridized carbons (Fsp3) is 0.421. The lowest BCUT2D eigenvalue weighted by Gasteiger charge is -2.14. The highest BCUT2D eigenvalue weighted by Crippen LogP contribution is 2.53. The van der Waals surface area contributed by atoms with E-state index >= 15 is 0 Å². The van der Waals surface area contributed by atoms with Crippen molar-refractivity contribution >= 4 is 0 Å². The number of aryl methyl sites for hydroxylation is 2. The average Bonchev–Trinajstić information content (AvgIpc) is 3.51. The van der Waals surface area contributed by atoms with E-state index in [-0.39, 0.29) is 11.2 Å². The largest absolute Gasteiger partial charge is 0.332 e. The summed E-state index contributed by atoms with van der Waals surface area (Å²) in [7, 11) is 1.95. The molecule has 2 heterocycles. The molecule has 2 aromatic heterocycles. The van der Waals surface area contributed by atoms with Gasteiger partial charge < -0.3 is 4.52 Å². The van der Waals surface area contributed by atoms with Gasteiger partial charge in [0.25, 0.3) is 5.89 Å². The summed E-state index contributed by atoms with van der Waals surface area (Å²) in [4.78, 5) is 4.62. The van der Waals surface area contributed by atoms with Gasteiger partial charge in [-0.15, -0.1) is 0 Å². The third-order valence-electron chi connectivity index (χ3n) is 5.45. The van der Waals surface area contributed by atoms with Crippen molar-refractivity contribution in [3.05, 3.63) is 52.7 Å². The monoisotopic (exact) mass is 338 g/mol. The van der Waals surface area contributed by atoms with E-state index < -0.39 is 0 Å². The molecule has 25 heavy (non-hydrogen) atoms. The number of nitrogens with zero attached hydrogens (tertiary/aromatic N) is 4. The molecule has 6 heteroatoms. The van der Waals surface area contributed by atoms with E-state index in [4.69, 9.17) is 4.52 Å². The van der Waals surface area contributed by atoms with Gasteiger partial charge in [0.1, 0.15) is 5.82 Å². The van der Waals surface area contributed by atoms with Crippen molar-refractivity contribution in [2.75, 3.05) is 0 Å². The van der Waals surface area contributed by atoms with Crippen molar-refractivity contribution in [1.29, 1.82) is 0 Å². The Morgan fingerprint density at radius 2 is 2.04 bits per heavy atom. The highest BCUT2D eigenvalue weighted by atomic mass is 19.1. The summed E-state index contributed by atoms with van der Waals surface area (Å²) in [5.74, 6) is 1.46. The van der Waals surface area contributed by atoms with Crippen LogP contribution in [0.3, 0.4) is 0 Å². The predicted octanol–water partition coefficient (Wildman–Crippen LogP) is 3.87. The molecule has 0 spiro atoms. The minimum atomic E-state index is -0.317. The third-order valence-corrected chi connectivity index (χ3v) is 5.45. The first-order chi connectivity index (χ1) is 12.1. The van der Waals surface area contributed by atoms with Crippen LogP contribution in [0.2, 0.25) is 0 Å². The Hall–Kier alpha value is -2.50. The van der Waals surface area contributed by atoms with Crippen LogP contribution in [0.15, 0.2) is 28.8 Å². The number of benzene rings is 1. The van der Waals surface area contributed by atoms with Crippen molar-refractivity contribution in [1.82, 2.24) is 19.9 Å². The smallest absolute Gasteiger partial charge is 0.278 e. The number of hydrogen-bond acceptors (Lipinski definition) is 4. The van der Waals surface area contributed by atoms with Crippen molar-refractivity contribution in [2.45, 2.75) is 43.9 Å². The van der Waals surface area contributed by atoms with E-state index in [0.717, 1.165) is 29.7 Å². The lowest BCUT2D eigenvalue weighted by atomic mass is 9.91. The lowest BCUT2D eigenvalue weighted by molar-refractivity contribution is 0.416. The Labute approximate surface area is 144 Å². The summed E-state index contributed by atoms with van der Waals surface area (Å²) < 4.78 is 21.2. The van der Waals surface area contributed by atoms with E-state index in [2.05, 4.69) is 15.2 Å². The van der Waals surface area contributed by atoms with E-state index in [1.165, 1.54) is 24.6 Å². The first kappa shape index (κ1) is 14.8. The highest BCUT2D eigenvalue weighted by molar-refractivity contribution is 5.50. The minimum absolute atomic E-state index is 0.227. The van der Waals surface area contributed by atoms with E-state index in [9.17, 15) is 4.39 Å². The Balaban J connectivity index is 1.52. The summed E-state index contributed by atoms with van der Waals surface area (Å²) in [6.45, 7) is 2.00. The van der Waals surface area contributed by atoms with Crippen LogP contribution in [-0.4, -0.2) is 19.9 Å². The Bertz CT molecular complexity index is 966. The number of halogens is 1. The van der Waals surface area contributed by atoms with Crippen LogP contribution >= 0.6 is 0 Å². The van der Waals surface area contributed by atoms with Crippen molar-refractivity contribution in [3.63, 3.8) is 0 Å². The summed E-state index contributed by atoms with van der Waals surface area (Å²) in [5, 5.41) is 8.74. The van der Waals surface area contributed by atoms with Gasteiger partial charge in [-0.1, -0.05) is 11.2 Å². The molecule has 0 saturated heterocycles. The molecule has 2 aliphatic carbocycles. The second-order valence-electron chi connectivity index (χ2n) is 7.32. The molecule has 2 saturated carbocycles. The molecule has 128 valence electrons. The quantitative estimate of drug-likeness (QED) is 0.724. The fourth-order valence-corrected chi connectivity index (χ4v) is 3.72. The van der Waals surface area contributed by atoms with Gasteiger partial charge in [0.2, 0.25) is 0 Å². The van der Waals surface area contributed by atoms with Gasteiger partial charge in [-0.05, 0) is 61.9 Å². The van der Waals surface area contributed by atoms with Crippen LogP contribution in [-0.2, 0) is 12.5 Å². The molecule has 0 bridgehead atoms. The number of hydrogen-bond donors (Lipinski definition) is 0. The van der Waals surface area contributed by atoms with Gasteiger partial charge in [0.15, 0.2) is 11.5 Å². The first-order valence-corrected chi connectivity index (χ1v) is 8.72. The van der Waals surface area contributed by atoms with Crippen molar-refractivity contribution in [3.8, 4) is 11.6 Å². The van der Waals surface area contributed by atoms with Crippen LogP contribution in [0.4, 0.5) is 4.39 Å². The van der Waals surface area contributed by atoms with Crippen LogP contribution in [0.1, 0.15) is 54.2 Å². The Morgan fingerprint density at radius 3 is 2.76 bits per heavy atom. The van der Waals surface area contributed by atoms with Crippen molar-refractivity contribution < 1.29 is 8.91 Å². The third kappa shape index (κ3) is 2.31. The number of aromatic nitrogens is 4. The highest BCUT2D eigenvalue weighted by Gasteiger charge is 2.51. The lowest BCUT2D eigenvalue weighted by Crippen LogP contribution is -2.13. The van der Waals surface area contributed by atoms with Crippen LogP contribution in [0.25, 0.3) is 11.6 Å². The molecule has 5 nitrogen and oxygen atoms in total. The topological polar surface area (TPSA) is 56.7 Å². The molecule has 5 rings (SSSR count). The standard InChI is InChI=1S/C19H19FN4O/c1-11-3-6-13(20)9-14(11)19(7-8-19)18-21-17(25-23-18)15-10-16(12-4-5-12)24(2)22-15/h3,6,9-10,12H,4-5,7-8H2,1-2H3. The van der Waals surface area contributed by atoms with Gasteiger partial charge in [0, 0.05) is 18.7 Å². The zero-order chi connectivity index (χ0) is 17.2. The molecule has 2 fully saturated rings. The maximum atomic E-state index is 13.7. The van der Waals surface area contributed by atoms with E-state index in [1.807, 2.05) is 30.8 Å². The molecule has 0 aliphatic heterocycles. The van der Waals surface area contributed by atoms with Crippen LogP contribution in [0.5, 0.6) is 0 Å². The van der Waals surface area contributed by atoms with E-state index in [1.54, 1.807) is 6.07 Å². The Morgan fingerprint density at radius 1 is 1.24 bits per heavy atom. The van der Waals surface area contributed by atoms with Gasteiger partial charge >= 0.3 is 0 Å². The minimum Gasteiger partial charge on any atom is -0.332 e. The maximum Gasteiger partial charge on any atom is 0.278 e. The molecule has 0 radical (unpaired) electrons. The Kier molecular flexibility index (Phi) is 2.96. The number of rotatable bonds is 4. The van der Waals surface area contributed by atoms with Crippen LogP contribution < -0.4 is 0 Å². The van der Waals surface area contributed by atoms with Crippen molar-refractivity contribution in [2.24, 2.45) is 7.05 Å². The predicted molar refractivity (Wildman–Crippen MR) is 89.6 cm³/mol. The van der Waals surface area contributed by atoms with Gasteiger partial charge in [0.05, 0.1) is 5.41 Å². The molecule has 0 unspecified atom stereocenters. The SMILES string of the molecule is Cc1ccc(F)cc1C1(c2noc(-c3cc(C4CC4)n(C)n3)n2)CC1. The molecule has 0 amide bonds.